The van der Waals surface area contributed by atoms with E-state index < -0.39 is 16.1 Å². The molecule has 0 spiro atoms. The summed E-state index contributed by atoms with van der Waals surface area (Å²) in [6.45, 7) is 2.09. The summed E-state index contributed by atoms with van der Waals surface area (Å²) in [5.74, 6) is -0.707. The maximum absolute atomic E-state index is 12.9. The van der Waals surface area contributed by atoms with Crippen molar-refractivity contribution in [2.24, 2.45) is 0 Å². The van der Waals surface area contributed by atoms with Crippen LogP contribution in [0.4, 0.5) is 5.69 Å². The molecular weight excluding hydrogens is 390 g/mol. The Hall–Kier alpha value is -2.71. The fourth-order valence-corrected chi connectivity index (χ4v) is 5.06. The SMILES string of the molecule is Cc1ccc(NC(=O)CN(C)C(=O)[C@H]2CCCN2S(=O)(=O)c2ccccc2)cc1. The van der Waals surface area contributed by atoms with E-state index in [0.29, 0.717) is 18.5 Å². The van der Waals surface area contributed by atoms with Crippen LogP contribution in [0.3, 0.4) is 0 Å². The van der Waals surface area contributed by atoms with E-state index in [1.54, 1.807) is 30.3 Å². The zero-order valence-electron chi connectivity index (χ0n) is 16.5. The molecule has 7 nitrogen and oxygen atoms in total. The normalized spacial score (nSPS) is 17.1. The number of rotatable bonds is 6. The Labute approximate surface area is 171 Å². The van der Waals surface area contributed by atoms with Crippen LogP contribution in [0.2, 0.25) is 0 Å². The van der Waals surface area contributed by atoms with Crippen LogP contribution in [0.15, 0.2) is 59.5 Å². The van der Waals surface area contributed by atoms with Crippen LogP contribution in [-0.2, 0) is 19.6 Å². The van der Waals surface area contributed by atoms with E-state index in [0.717, 1.165) is 5.56 Å². The quantitative estimate of drug-likeness (QED) is 0.784. The Morgan fingerprint density at radius 2 is 1.76 bits per heavy atom. The Kier molecular flexibility index (Phi) is 6.34. The minimum absolute atomic E-state index is 0.150. The van der Waals surface area contributed by atoms with E-state index in [1.807, 2.05) is 19.1 Å². The summed E-state index contributed by atoms with van der Waals surface area (Å²) in [4.78, 5) is 26.6. The van der Waals surface area contributed by atoms with Crippen LogP contribution >= 0.6 is 0 Å². The van der Waals surface area contributed by atoms with Crippen LogP contribution in [0, 0.1) is 6.92 Å². The number of carbonyl (C=O) groups is 2. The molecule has 1 atom stereocenters. The highest BCUT2D eigenvalue weighted by atomic mass is 32.2. The molecule has 0 bridgehead atoms. The third kappa shape index (κ3) is 4.83. The number of hydrogen-bond acceptors (Lipinski definition) is 4. The van der Waals surface area contributed by atoms with Crippen LogP contribution in [0.1, 0.15) is 18.4 Å². The molecular formula is C21H25N3O4S. The second-order valence-corrected chi connectivity index (χ2v) is 9.09. The summed E-state index contributed by atoms with van der Waals surface area (Å²) in [5.41, 5.74) is 1.73. The molecule has 0 aliphatic carbocycles. The number of carbonyl (C=O) groups excluding carboxylic acids is 2. The molecule has 2 amide bonds. The van der Waals surface area contributed by atoms with Gasteiger partial charge in [-0.3, -0.25) is 9.59 Å². The van der Waals surface area contributed by atoms with Gasteiger partial charge >= 0.3 is 0 Å². The van der Waals surface area contributed by atoms with Crippen molar-refractivity contribution in [1.29, 1.82) is 0 Å². The molecule has 1 heterocycles. The Morgan fingerprint density at radius 3 is 2.41 bits per heavy atom. The topological polar surface area (TPSA) is 86.8 Å². The molecule has 3 rings (SSSR count). The van der Waals surface area contributed by atoms with E-state index in [4.69, 9.17) is 0 Å². The largest absolute Gasteiger partial charge is 0.335 e. The lowest BCUT2D eigenvalue weighted by atomic mass is 10.2. The number of anilines is 1. The number of amides is 2. The smallest absolute Gasteiger partial charge is 0.243 e. The Bertz CT molecular complexity index is 975. The number of sulfonamides is 1. The number of benzene rings is 2. The predicted octanol–water partition coefficient (Wildman–Crippen LogP) is 2.25. The molecule has 0 aromatic heterocycles. The summed E-state index contributed by atoms with van der Waals surface area (Å²) >= 11 is 0. The first-order valence-electron chi connectivity index (χ1n) is 9.47. The van der Waals surface area contributed by atoms with Gasteiger partial charge < -0.3 is 10.2 Å². The van der Waals surface area contributed by atoms with Crippen molar-refractivity contribution in [3.63, 3.8) is 0 Å². The van der Waals surface area contributed by atoms with Gasteiger partial charge in [0, 0.05) is 19.3 Å². The number of aryl methyl sites for hydroxylation is 1. The number of likely N-dealkylation sites (N-methyl/N-ethyl adjacent to an activating group) is 1. The molecule has 2 aromatic carbocycles. The number of hydrogen-bond donors (Lipinski definition) is 1. The molecule has 1 N–H and O–H groups in total. The zero-order chi connectivity index (χ0) is 21.0. The van der Waals surface area contributed by atoms with Crippen molar-refractivity contribution >= 4 is 27.5 Å². The minimum atomic E-state index is -3.76. The monoisotopic (exact) mass is 415 g/mol. The Morgan fingerprint density at radius 1 is 1.10 bits per heavy atom. The molecule has 1 fully saturated rings. The van der Waals surface area contributed by atoms with Gasteiger partial charge in [0.25, 0.3) is 0 Å². The summed E-state index contributed by atoms with van der Waals surface area (Å²) < 4.78 is 27.1. The first-order chi connectivity index (χ1) is 13.8. The molecule has 29 heavy (non-hydrogen) atoms. The van der Waals surface area contributed by atoms with Crippen molar-refractivity contribution in [3.8, 4) is 0 Å². The zero-order valence-corrected chi connectivity index (χ0v) is 17.4. The van der Waals surface area contributed by atoms with Crippen molar-refractivity contribution in [1.82, 2.24) is 9.21 Å². The van der Waals surface area contributed by atoms with E-state index in [1.165, 1.54) is 28.4 Å². The van der Waals surface area contributed by atoms with Gasteiger partial charge in [-0.1, -0.05) is 35.9 Å². The van der Waals surface area contributed by atoms with E-state index in [-0.39, 0.29) is 29.8 Å². The molecule has 0 saturated carbocycles. The molecule has 0 radical (unpaired) electrons. The molecule has 1 saturated heterocycles. The summed E-state index contributed by atoms with van der Waals surface area (Å²) in [6, 6.07) is 14.7. The first-order valence-corrected chi connectivity index (χ1v) is 10.9. The van der Waals surface area contributed by atoms with Crippen molar-refractivity contribution < 1.29 is 18.0 Å². The molecule has 154 valence electrons. The first kappa shape index (κ1) is 21.0. The van der Waals surface area contributed by atoms with Crippen molar-refractivity contribution in [2.75, 3.05) is 25.5 Å². The average Bonchev–Trinajstić information content (AvgIpc) is 3.20. The van der Waals surface area contributed by atoms with Gasteiger partial charge in [0.2, 0.25) is 21.8 Å². The lowest BCUT2D eigenvalue weighted by molar-refractivity contribution is -0.136. The minimum Gasteiger partial charge on any atom is -0.335 e. The highest BCUT2D eigenvalue weighted by molar-refractivity contribution is 7.89. The van der Waals surface area contributed by atoms with Crippen molar-refractivity contribution in [2.45, 2.75) is 30.7 Å². The summed E-state index contributed by atoms with van der Waals surface area (Å²) in [6.07, 6.45) is 1.04. The summed E-state index contributed by atoms with van der Waals surface area (Å²) in [7, 11) is -2.25. The highest BCUT2D eigenvalue weighted by Gasteiger charge is 2.40. The second-order valence-electron chi connectivity index (χ2n) is 7.20. The van der Waals surface area contributed by atoms with Crippen LogP contribution in [0.25, 0.3) is 0 Å². The third-order valence-electron chi connectivity index (χ3n) is 4.93. The van der Waals surface area contributed by atoms with Gasteiger partial charge in [-0.25, -0.2) is 8.42 Å². The van der Waals surface area contributed by atoms with Crippen LogP contribution < -0.4 is 5.32 Å². The maximum Gasteiger partial charge on any atom is 0.243 e. The number of nitrogens with zero attached hydrogens (tertiary/aromatic N) is 2. The van der Waals surface area contributed by atoms with Gasteiger partial charge in [0.15, 0.2) is 0 Å². The van der Waals surface area contributed by atoms with Gasteiger partial charge in [-0.15, -0.1) is 0 Å². The van der Waals surface area contributed by atoms with Crippen LogP contribution in [-0.4, -0.2) is 55.6 Å². The van der Waals surface area contributed by atoms with Crippen LogP contribution in [0.5, 0.6) is 0 Å². The van der Waals surface area contributed by atoms with E-state index >= 15 is 0 Å². The standard InChI is InChI=1S/C21H25N3O4S/c1-16-10-12-17(13-11-16)22-20(25)15-23(2)21(26)19-9-6-14-24(19)29(27,28)18-7-4-3-5-8-18/h3-5,7-8,10-13,19H,6,9,14-15H2,1-2H3,(H,22,25)/t19-/m1/s1. The fourth-order valence-electron chi connectivity index (χ4n) is 3.39. The molecule has 8 heteroatoms. The van der Waals surface area contributed by atoms with E-state index in [2.05, 4.69) is 5.32 Å². The average molecular weight is 416 g/mol. The summed E-state index contributed by atoms with van der Waals surface area (Å²) in [5, 5.41) is 2.75. The molecule has 0 unspecified atom stereocenters. The van der Waals surface area contributed by atoms with E-state index in [9.17, 15) is 18.0 Å². The molecule has 1 aliphatic rings. The van der Waals surface area contributed by atoms with Gasteiger partial charge in [-0.05, 0) is 44.0 Å². The van der Waals surface area contributed by atoms with Crippen molar-refractivity contribution in [3.05, 3.63) is 60.2 Å². The molecule has 2 aromatic rings. The fraction of sp³-hybridized carbons (Fsp3) is 0.333. The van der Waals surface area contributed by atoms with Gasteiger partial charge in [0.1, 0.15) is 6.04 Å². The second kappa shape index (κ2) is 8.75. The lowest BCUT2D eigenvalue weighted by Crippen LogP contribution is -2.48. The molecule has 1 aliphatic heterocycles. The lowest BCUT2D eigenvalue weighted by Gasteiger charge is -2.27. The predicted molar refractivity (Wildman–Crippen MR) is 111 cm³/mol. The highest BCUT2D eigenvalue weighted by Crippen LogP contribution is 2.27. The Balaban J connectivity index is 1.66. The van der Waals surface area contributed by atoms with Gasteiger partial charge in [0.05, 0.1) is 11.4 Å². The third-order valence-corrected chi connectivity index (χ3v) is 6.85. The number of nitrogens with one attached hydrogen (secondary N) is 1. The maximum atomic E-state index is 12.9. The van der Waals surface area contributed by atoms with Gasteiger partial charge in [-0.2, -0.15) is 4.31 Å².